The van der Waals surface area contributed by atoms with Crippen LogP contribution in [0.1, 0.15) is 44.1 Å². The first-order valence-electron chi connectivity index (χ1n) is 13.9. The van der Waals surface area contributed by atoms with Crippen molar-refractivity contribution >= 4 is 33.9 Å². The quantitative estimate of drug-likeness (QED) is 0.103. The van der Waals surface area contributed by atoms with E-state index in [2.05, 4.69) is 0 Å². The Balaban J connectivity index is 0.00000276. The smallest absolute Gasteiger partial charge is 1.00 e. The fourth-order valence-corrected chi connectivity index (χ4v) is 4.99. The van der Waals surface area contributed by atoms with Gasteiger partial charge in [0.15, 0.2) is 0 Å². The first-order chi connectivity index (χ1) is 20.8. The first kappa shape index (κ1) is 36.2. The fourth-order valence-electron chi connectivity index (χ4n) is 4.99. The number of hydrogen-bond donors (Lipinski definition) is 3. The van der Waals surface area contributed by atoms with E-state index in [1.165, 1.54) is 24.3 Å². The summed E-state index contributed by atoms with van der Waals surface area (Å²) >= 11 is 0. The third-order valence-electron chi connectivity index (χ3n) is 7.18. The summed E-state index contributed by atoms with van der Waals surface area (Å²) in [5.74, 6) is -1.08. The number of aryl methyl sites for hydroxylation is 2. The number of benzene rings is 4. The van der Waals surface area contributed by atoms with Crippen molar-refractivity contribution < 1.29 is 101 Å². The van der Waals surface area contributed by atoms with Crippen LogP contribution in [0.25, 0.3) is 33.1 Å². The van der Waals surface area contributed by atoms with Crippen LogP contribution >= 0.6 is 0 Å². The van der Waals surface area contributed by atoms with Crippen LogP contribution in [0.3, 0.4) is 0 Å². The SMILES string of the molecule is CCc1cc(-c2ccccc2)c(O)cc1OCCCOc1ccc2c(=O)c3cc(C(=O)O)ccc3oc2c1CCC(=O)O.[H-].[H-].[Na+].[Na+]. The molecular formula is C34H32Na2O9. The minimum atomic E-state index is -1.16. The van der Waals surface area contributed by atoms with Gasteiger partial charge in [-0.1, -0.05) is 37.3 Å². The summed E-state index contributed by atoms with van der Waals surface area (Å²) in [6, 6.07) is 20.3. The predicted octanol–water partition coefficient (Wildman–Crippen LogP) is 0.678. The predicted molar refractivity (Wildman–Crippen MR) is 164 cm³/mol. The van der Waals surface area contributed by atoms with Gasteiger partial charge in [0, 0.05) is 30.0 Å². The van der Waals surface area contributed by atoms with Gasteiger partial charge in [0.2, 0.25) is 5.43 Å². The van der Waals surface area contributed by atoms with E-state index in [0.29, 0.717) is 36.5 Å². The van der Waals surface area contributed by atoms with Gasteiger partial charge < -0.3 is 32.1 Å². The monoisotopic (exact) mass is 630 g/mol. The molecule has 0 saturated heterocycles. The number of aromatic carboxylic acids is 1. The first-order valence-corrected chi connectivity index (χ1v) is 13.9. The van der Waals surface area contributed by atoms with E-state index in [4.69, 9.17) is 13.9 Å². The molecule has 0 radical (unpaired) electrons. The van der Waals surface area contributed by atoms with E-state index in [1.54, 1.807) is 12.1 Å². The summed E-state index contributed by atoms with van der Waals surface area (Å²) in [6.45, 7) is 2.56. The molecular weight excluding hydrogens is 598 g/mol. The van der Waals surface area contributed by atoms with Gasteiger partial charge in [-0.15, -0.1) is 0 Å². The maximum Gasteiger partial charge on any atom is 1.00 e. The molecule has 0 unspecified atom stereocenters. The van der Waals surface area contributed by atoms with E-state index < -0.39 is 17.4 Å². The zero-order valence-electron chi connectivity index (χ0n) is 27.5. The number of carbonyl (C=O) groups is 2. The summed E-state index contributed by atoms with van der Waals surface area (Å²) in [6.07, 6.45) is 1.06. The summed E-state index contributed by atoms with van der Waals surface area (Å²) in [4.78, 5) is 36.0. The number of rotatable bonds is 12. The van der Waals surface area contributed by atoms with Crippen molar-refractivity contribution in [2.24, 2.45) is 0 Å². The van der Waals surface area contributed by atoms with E-state index in [1.807, 2.05) is 43.3 Å². The van der Waals surface area contributed by atoms with Gasteiger partial charge >= 0.3 is 71.1 Å². The molecule has 4 aromatic carbocycles. The second-order valence-electron chi connectivity index (χ2n) is 10.0. The number of carboxylic acid groups (broad SMARTS) is 2. The minimum Gasteiger partial charge on any atom is -1.00 e. The molecule has 0 saturated carbocycles. The molecule has 45 heavy (non-hydrogen) atoms. The number of aliphatic carboxylic acids is 1. The Kier molecular flexibility index (Phi) is 13.1. The van der Waals surface area contributed by atoms with Crippen molar-refractivity contribution in [2.45, 2.75) is 32.6 Å². The molecule has 0 aliphatic heterocycles. The van der Waals surface area contributed by atoms with Crippen LogP contribution in [0, 0.1) is 0 Å². The zero-order chi connectivity index (χ0) is 30.5. The van der Waals surface area contributed by atoms with Gasteiger partial charge in [-0.2, -0.15) is 0 Å². The molecule has 3 N–H and O–H groups in total. The Bertz CT molecular complexity index is 1900. The molecule has 0 bridgehead atoms. The topological polar surface area (TPSA) is 144 Å². The summed E-state index contributed by atoms with van der Waals surface area (Å²) in [7, 11) is 0. The molecule has 0 spiro atoms. The molecule has 0 fully saturated rings. The van der Waals surface area contributed by atoms with Crippen molar-refractivity contribution in [3.05, 3.63) is 99.7 Å². The Morgan fingerprint density at radius 3 is 2.24 bits per heavy atom. The van der Waals surface area contributed by atoms with Gasteiger partial charge in [-0.3, -0.25) is 9.59 Å². The minimum absolute atomic E-state index is 0. The molecule has 0 aliphatic rings. The number of fused-ring (bicyclic) bond motifs is 2. The Labute approximate surface area is 306 Å². The van der Waals surface area contributed by atoms with Crippen LogP contribution in [0.2, 0.25) is 0 Å². The normalized spacial score (nSPS) is 10.6. The number of aromatic hydroxyl groups is 1. The van der Waals surface area contributed by atoms with Gasteiger partial charge in [0.1, 0.15) is 28.4 Å². The summed E-state index contributed by atoms with van der Waals surface area (Å²) in [5, 5.41) is 29.6. The van der Waals surface area contributed by atoms with Gasteiger partial charge in [0.05, 0.1) is 29.5 Å². The van der Waals surface area contributed by atoms with Crippen LogP contribution in [0.15, 0.2) is 82.0 Å². The standard InChI is InChI=1S/C34H30O9.2Na.2H/c1-2-20-17-25(21-7-4-3-5-8-21)27(35)19-30(20)42-16-6-15-41-28-13-10-24-32(38)26-18-22(34(39)40)9-12-29(26)43-33(24)23(28)11-14-31(36)37;;;;/h3-5,7-10,12-13,17-19,35H,2,6,11,14-16H2,1H3,(H,36,37)(H,39,40);;;;/q;2*+1;2*-1. The van der Waals surface area contributed by atoms with Gasteiger partial charge in [-0.05, 0) is 60.4 Å². The van der Waals surface area contributed by atoms with E-state index in [-0.39, 0.29) is 115 Å². The van der Waals surface area contributed by atoms with Crippen LogP contribution in [0.5, 0.6) is 17.2 Å². The number of ether oxygens (including phenoxy) is 2. The molecule has 0 amide bonds. The van der Waals surface area contributed by atoms with E-state index in [0.717, 1.165) is 16.7 Å². The van der Waals surface area contributed by atoms with Crippen LogP contribution in [-0.2, 0) is 17.6 Å². The van der Waals surface area contributed by atoms with Crippen molar-refractivity contribution in [1.82, 2.24) is 0 Å². The largest absolute Gasteiger partial charge is 1.00 e. The Morgan fingerprint density at radius 1 is 0.867 bits per heavy atom. The van der Waals surface area contributed by atoms with E-state index in [9.17, 15) is 29.7 Å². The maximum absolute atomic E-state index is 13.2. The van der Waals surface area contributed by atoms with Gasteiger partial charge in [-0.25, -0.2) is 4.79 Å². The Morgan fingerprint density at radius 2 is 1.58 bits per heavy atom. The molecule has 1 aromatic heterocycles. The van der Waals surface area contributed by atoms with Crippen molar-refractivity contribution in [3.8, 4) is 28.4 Å². The third kappa shape index (κ3) is 8.30. The summed E-state index contributed by atoms with van der Waals surface area (Å²) in [5.41, 5.74) is 3.00. The van der Waals surface area contributed by atoms with Gasteiger partial charge in [0.25, 0.3) is 0 Å². The molecule has 5 aromatic rings. The maximum atomic E-state index is 13.2. The molecule has 0 aliphatic carbocycles. The average molecular weight is 631 g/mol. The third-order valence-corrected chi connectivity index (χ3v) is 7.18. The Hall–Kier alpha value is -3.31. The number of carboxylic acids is 2. The zero-order valence-corrected chi connectivity index (χ0v) is 29.5. The second kappa shape index (κ2) is 16.3. The molecule has 224 valence electrons. The van der Waals surface area contributed by atoms with E-state index >= 15 is 0 Å². The average Bonchev–Trinajstić information content (AvgIpc) is 3.00. The molecule has 0 atom stereocenters. The van der Waals surface area contributed by atoms with Crippen LogP contribution in [0.4, 0.5) is 0 Å². The van der Waals surface area contributed by atoms with Crippen molar-refractivity contribution in [1.29, 1.82) is 0 Å². The molecule has 1 heterocycles. The molecule has 5 rings (SSSR count). The number of phenols is 1. The summed E-state index contributed by atoms with van der Waals surface area (Å²) < 4.78 is 18.0. The molecule has 11 heteroatoms. The fraction of sp³-hybridized carbons (Fsp3) is 0.206. The van der Waals surface area contributed by atoms with Crippen molar-refractivity contribution in [3.63, 3.8) is 0 Å². The second-order valence-corrected chi connectivity index (χ2v) is 10.0. The molecule has 9 nitrogen and oxygen atoms in total. The van der Waals surface area contributed by atoms with Crippen LogP contribution < -0.4 is 74.0 Å². The van der Waals surface area contributed by atoms with Crippen LogP contribution in [-0.4, -0.2) is 40.5 Å². The number of hydrogen-bond acceptors (Lipinski definition) is 7. The number of phenolic OH excluding ortho intramolecular Hbond substituents is 1. The van der Waals surface area contributed by atoms with Crippen molar-refractivity contribution in [2.75, 3.05) is 13.2 Å².